The van der Waals surface area contributed by atoms with E-state index in [-0.39, 0.29) is 11.3 Å². The van der Waals surface area contributed by atoms with Gasteiger partial charge in [0.25, 0.3) is 5.91 Å². The highest BCUT2D eigenvalue weighted by Gasteiger charge is 2.31. The van der Waals surface area contributed by atoms with Gasteiger partial charge in [0, 0.05) is 25.4 Å². The Balaban J connectivity index is 2.57. The zero-order valence-corrected chi connectivity index (χ0v) is 11.8. The molecule has 1 amide bonds. The van der Waals surface area contributed by atoms with Gasteiger partial charge in [-0.05, 0) is 31.0 Å². The molecule has 1 aromatic rings. The number of benzene rings is 1. The van der Waals surface area contributed by atoms with Crippen molar-refractivity contribution in [3.63, 3.8) is 0 Å². The highest BCUT2D eigenvalue weighted by atomic mass is 19.4. The summed E-state index contributed by atoms with van der Waals surface area (Å²) in [5, 5.41) is 2.53. The Morgan fingerprint density at radius 2 is 2.05 bits per heavy atom. The van der Waals surface area contributed by atoms with Gasteiger partial charge in [-0.15, -0.1) is 0 Å². The first-order chi connectivity index (χ1) is 9.86. The van der Waals surface area contributed by atoms with Gasteiger partial charge in [-0.3, -0.25) is 4.79 Å². The van der Waals surface area contributed by atoms with Crippen molar-refractivity contribution in [3.8, 4) is 0 Å². The maximum Gasteiger partial charge on any atom is 0.416 e. The third kappa shape index (κ3) is 5.63. The number of hydrogen-bond donors (Lipinski definition) is 2. The first-order valence-electron chi connectivity index (χ1n) is 6.69. The molecule has 0 spiro atoms. The Bertz CT molecular complexity index is 476. The van der Waals surface area contributed by atoms with Crippen LogP contribution in [0.4, 0.5) is 18.9 Å². The van der Waals surface area contributed by atoms with Crippen LogP contribution in [0.3, 0.4) is 0 Å². The summed E-state index contributed by atoms with van der Waals surface area (Å²) in [4.78, 5) is 11.8. The van der Waals surface area contributed by atoms with Gasteiger partial charge in [0.1, 0.15) is 0 Å². The molecule has 118 valence electrons. The molecule has 0 fully saturated rings. The SMILES string of the molecule is CCCOCCCNC(=O)c1cc(C(F)(F)F)ccc1N. The fourth-order valence-corrected chi connectivity index (χ4v) is 1.65. The van der Waals surface area contributed by atoms with Crippen LogP contribution in [0.25, 0.3) is 0 Å². The van der Waals surface area contributed by atoms with Crippen LogP contribution in [-0.2, 0) is 10.9 Å². The van der Waals surface area contributed by atoms with Crippen molar-refractivity contribution >= 4 is 11.6 Å². The van der Waals surface area contributed by atoms with Crippen molar-refractivity contribution in [1.29, 1.82) is 0 Å². The fraction of sp³-hybridized carbons (Fsp3) is 0.500. The van der Waals surface area contributed by atoms with E-state index < -0.39 is 17.6 Å². The molecule has 0 atom stereocenters. The minimum absolute atomic E-state index is 0.0164. The number of ether oxygens (including phenoxy) is 1. The fourth-order valence-electron chi connectivity index (χ4n) is 1.65. The van der Waals surface area contributed by atoms with E-state index in [1.807, 2.05) is 6.92 Å². The third-order valence-electron chi connectivity index (χ3n) is 2.72. The van der Waals surface area contributed by atoms with Gasteiger partial charge in [0.15, 0.2) is 0 Å². The lowest BCUT2D eigenvalue weighted by Gasteiger charge is -2.11. The van der Waals surface area contributed by atoms with Gasteiger partial charge < -0.3 is 15.8 Å². The second-order valence-corrected chi connectivity index (χ2v) is 4.52. The Labute approximate surface area is 121 Å². The number of nitrogens with one attached hydrogen (secondary N) is 1. The molecule has 21 heavy (non-hydrogen) atoms. The minimum Gasteiger partial charge on any atom is -0.398 e. The molecule has 1 aromatic carbocycles. The van der Waals surface area contributed by atoms with E-state index in [1.165, 1.54) is 0 Å². The second-order valence-electron chi connectivity index (χ2n) is 4.52. The van der Waals surface area contributed by atoms with Gasteiger partial charge in [0.2, 0.25) is 0 Å². The highest BCUT2D eigenvalue weighted by Crippen LogP contribution is 2.31. The van der Waals surface area contributed by atoms with E-state index >= 15 is 0 Å². The lowest BCUT2D eigenvalue weighted by atomic mass is 10.1. The summed E-state index contributed by atoms with van der Waals surface area (Å²) in [6.45, 7) is 3.44. The van der Waals surface area contributed by atoms with Gasteiger partial charge >= 0.3 is 6.18 Å². The summed E-state index contributed by atoms with van der Waals surface area (Å²) in [7, 11) is 0. The van der Waals surface area contributed by atoms with E-state index in [0.717, 1.165) is 24.6 Å². The van der Waals surface area contributed by atoms with Crippen molar-refractivity contribution in [1.82, 2.24) is 5.32 Å². The Kier molecular flexibility index (Phi) is 6.48. The van der Waals surface area contributed by atoms with Crippen LogP contribution in [0.15, 0.2) is 18.2 Å². The minimum atomic E-state index is -4.50. The molecule has 0 aliphatic rings. The molecule has 0 heterocycles. The molecule has 0 unspecified atom stereocenters. The number of nitrogen functional groups attached to an aromatic ring is 1. The van der Waals surface area contributed by atoms with Crippen molar-refractivity contribution < 1.29 is 22.7 Å². The van der Waals surface area contributed by atoms with Crippen LogP contribution in [0, 0.1) is 0 Å². The zero-order valence-electron chi connectivity index (χ0n) is 11.8. The maximum atomic E-state index is 12.6. The molecule has 0 saturated heterocycles. The number of carbonyl (C=O) groups excluding carboxylic acids is 1. The lowest BCUT2D eigenvalue weighted by Crippen LogP contribution is -2.26. The summed E-state index contributed by atoms with van der Waals surface area (Å²) < 4.78 is 43.0. The number of alkyl halides is 3. The predicted molar refractivity (Wildman–Crippen MR) is 73.9 cm³/mol. The summed E-state index contributed by atoms with van der Waals surface area (Å²) in [5.41, 5.74) is 4.50. The van der Waals surface area contributed by atoms with Crippen LogP contribution in [-0.4, -0.2) is 25.7 Å². The molecule has 0 saturated carbocycles. The van der Waals surface area contributed by atoms with Crippen LogP contribution in [0.1, 0.15) is 35.7 Å². The number of anilines is 1. The molecular formula is C14H19F3N2O2. The molecule has 0 aliphatic carbocycles. The molecule has 0 radical (unpaired) electrons. The first-order valence-corrected chi connectivity index (χ1v) is 6.69. The molecule has 3 N–H and O–H groups in total. The average molecular weight is 304 g/mol. The van der Waals surface area contributed by atoms with Crippen LogP contribution in [0.2, 0.25) is 0 Å². The Hall–Kier alpha value is -1.76. The van der Waals surface area contributed by atoms with E-state index in [1.54, 1.807) is 0 Å². The quantitative estimate of drug-likeness (QED) is 0.601. The first kappa shape index (κ1) is 17.3. The van der Waals surface area contributed by atoms with Gasteiger partial charge in [-0.25, -0.2) is 0 Å². The summed E-state index contributed by atoms with van der Waals surface area (Å²) in [6, 6.07) is 2.70. The van der Waals surface area contributed by atoms with Crippen LogP contribution < -0.4 is 11.1 Å². The number of halogens is 3. The molecular weight excluding hydrogens is 285 g/mol. The molecule has 0 bridgehead atoms. The smallest absolute Gasteiger partial charge is 0.398 e. The van der Waals surface area contributed by atoms with Gasteiger partial charge in [-0.1, -0.05) is 6.92 Å². The van der Waals surface area contributed by atoms with E-state index in [9.17, 15) is 18.0 Å². The molecule has 0 aromatic heterocycles. The molecule has 7 heteroatoms. The summed E-state index contributed by atoms with van der Waals surface area (Å²) in [5.74, 6) is -0.617. The molecule has 4 nitrogen and oxygen atoms in total. The summed E-state index contributed by atoms with van der Waals surface area (Å²) >= 11 is 0. The van der Waals surface area contributed by atoms with Crippen molar-refractivity contribution in [2.45, 2.75) is 25.9 Å². The largest absolute Gasteiger partial charge is 0.416 e. The van der Waals surface area contributed by atoms with Crippen molar-refractivity contribution in [3.05, 3.63) is 29.3 Å². The monoisotopic (exact) mass is 304 g/mol. The normalized spacial score (nSPS) is 11.4. The number of nitrogens with two attached hydrogens (primary N) is 1. The predicted octanol–water partition coefficient (Wildman–Crippen LogP) is 2.83. The standard InChI is InChI=1S/C14H19F3N2O2/c1-2-7-21-8-3-6-19-13(20)11-9-10(14(15,16)17)4-5-12(11)18/h4-5,9H,2-3,6-8,18H2,1H3,(H,19,20). The third-order valence-corrected chi connectivity index (χ3v) is 2.72. The van der Waals surface area contributed by atoms with E-state index in [2.05, 4.69) is 5.32 Å². The van der Waals surface area contributed by atoms with Crippen LogP contribution in [0.5, 0.6) is 0 Å². The second kappa shape index (κ2) is 7.87. The topological polar surface area (TPSA) is 64.3 Å². The van der Waals surface area contributed by atoms with Crippen LogP contribution >= 0.6 is 0 Å². The van der Waals surface area contributed by atoms with Crippen molar-refractivity contribution in [2.24, 2.45) is 0 Å². The number of rotatable bonds is 7. The van der Waals surface area contributed by atoms with Gasteiger partial charge in [0.05, 0.1) is 11.1 Å². The Morgan fingerprint density at radius 1 is 1.33 bits per heavy atom. The number of amides is 1. The van der Waals surface area contributed by atoms with E-state index in [4.69, 9.17) is 10.5 Å². The lowest BCUT2D eigenvalue weighted by molar-refractivity contribution is -0.137. The highest BCUT2D eigenvalue weighted by molar-refractivity contribution is 5.99. The number of carbonyl (C=O) groups is 1. The summed E-state index contributed by atoms with van der Waals surface area (Å²) in [6.07, 6.45) is -3.01. The van der Waals surface area contributed by atoms with Gasteiger partial charge in [-0.2, -0.15) is 13.2 Å². The van der Waals surface area contributed by atoms with E-state index in [0.29, 0.717) is 26.2 Å². The average Bonchev–Trinajstić information content (AvgIpc) is 2.41. The zero-order chi connectivity index (χ0) is 15.9. The Morgan fingerprint density at radius 3 is 2.67 bits per heavy atom. The van der Waals surface area contributed by atoms with Crippen molar-refractivity contribution in [2.75, 3.05) is 25.5 Å². The molecule has 1 rings (SSSR count). The maximum absolute atomic E-state index is 12.6. The number of hydrogen-bond acceptors (Lipinski definition) is 3. The molecule has 0 aliphatic heterocycles.